The summed E-state index contributed by atoms with van der Waals surface area (Å²) < 4.78 is 3.60. The molecule has 184 valence electrons. The highest BCUT2D eigenvalue weighted by atomic mass is 32.1. The number of aromatic nitrogens is 3. The third-order valence-electron chi connectivity index (χ3n) is 7.18. The molecule has 0 radical (unpaired) electrons. The predicted molar refractivity (Wildman–Crippen MR) is 166 cm³/mol. The van der Waals surface area contributed by atoms with Gasteiger partial charge < -0.3 is 4.57 Å². The number of para-hydroxylation sites is 1. The van der Waals surface area contributed by atoms with Crippen molar-refractivity contribution in [1.82, 2.24) is 14.5 Å². The van der Waals surface area contributed by atoms with Crippen LogP contribution in [0.1, 0.15) is 0 Å². The molecule has 4 heterocycles. The van der Waals surface area contributed by atoms with Gasteiger partial charge in [0.2, 0.25) is 0 Å². The van der Waals surface area contributed by atoms with Crippen LogP contribution in [0, 0.1) is 0 Å². The van der Waals surface area contributed by atoms with Crippen LogP contribution in [-0.4, -0.2) is 14.5 Å². The molecule has 0 unspecified atom stereocenters. The summed E-state index contributed by atoms with van der Waals surface area (Å²) in [6, 6.07) is 41.0. The Labute approximate surface area is 233 Å². The highest BCUT2D eigenvalue weighted by molar-refractivity contribution is 7.21. The number of thiazole rings is 1. The summed E-state index contributed by atoms with van der Waals surface area (Å²) in [7, 11) is 0. The van der Waals surface area contributed by atoms with E-state index in [1.807, 2.05) is 24.4 Å². The molecule has 4 aromatic heterocycles. The van der Waals surface area contributed by atoms with Gasteiger partial charge in [0.05, 0.1) is 26.9 Å². The molecule has 0 N–H and O–H groups in total. The van der Waals surface area contributed by atoms with Crippen molar-refractivity contribution in [2.75, 3.05) is 0 Å². The van der Waals surface area contributed by atoms with E-state index in [2.05, 4.69) is 112 Å². The first-order chi connectivity index (χ1) is 19.3. The maximum absolute atomic E-state index is 4.95. The van der Waals surface area contributed by atoms with Gasteiger partial charge in [-0.25, -0.2) is 4.98 Å². The molecule has 0 saturated heterocycles. The molecular formula is C34H21N3S2. The maximum Gasteiger partial charge on any atom is 0.124 e. The van der Waals surface area contributed by atoms with Gasteiger partial charge >= 0.3 is 0 Å². The van der Waals surface area contributed by atoms with Gasteiger partial charge in [-0.1, -0.05) is 60.7 Å². The van der Waals surface area contributed by atoms with E-state index in [-0.39, 0.29) is 0 Å². The SMILES string of the molecule is c1ccc(-c2cccc(-n3c4cc(-c5cccs5)ccc4c4ccc(-c5nc6ccccc6s5)cc43)c2)nc1. The van der Waals surface area contributed by atoms with Gasteiger partial charge in [-0.15, -0.1) is 22.7 Å². The topological polar surface area (TPSA) is 30.7 Å². The van der Waals surface area contributed by atoms with E-state index in [0.717, 1.165) is 33.0 Å². The van der Waals surface area contributed by atoms with E-state index in [1.165, 1.54) is 36.9 Å². The van der Waals surface area contributed by atoms with Crippen LogP contribution >= 0.6 is 22.7 Å². The molecule has 39 heavy (non-hydrogen) atoms. The van der Waals surface area contributed by atoms with Gasteiger partial charge in [0.15, 0.2) is 0 Å². The molecule has 8 aromatic rings. The van der Waals surface area contributed by atoms with E-state index in [0.29, 0.717) is 0 Å². The molecular weight excluding hydrogens is 515 g/mol. The lowest BCUT2D eigenvalue weighted by Crippen LogP contribution is -1.95. The summed E-state index contributed by atoms with van der Waals surface area (Å²) in [5, 5.41) is 5.65. The fraction of sp³-hybridized carbons (Fsp3) is 0. The molecule has 0 aliphatic heterocycles. The summed E-state index contributed by atoms with van der Waals surface area (Å²) in [4.78, 5) is 10.8. The highest BCUT2D eigenvalue weighted by Gasteiger charge is 2.16. The Bertz CT molecular complexity index is 2090. The van der Waals surface area contributed by atoms with Crippen LogP contribution in [0.5, 0.6) is 0 Å². The minimum Gasteiger partial charge on any atom is -0.309 e. The zero-order valence-corrected chi connectivity index (χ0v) is 22.4. The molecule has 0 aliphatic rings. The lowest BCUT2D eigenvalue weighted by atomic mass is 10.1. The van der Waals surface area contributed by atoms with Gasteiger partial charge in [-0.05, 0) is 65.5 Å². The predicted octanol–water partition coefficient (Wildman–Crippen LogP) is 9.85. The number of benzene rings is 4. The highest BCUT2D eigenvalue weighted by Crippen LogP contribution is 2.39. The Morgan fingerprint density at radius 3 is 2.23 bits per heavy atom. The van der Waals surface area contributed by atoms with Crippen molar-refractivity contribution >= 4 is 54.7 Å². The van der Waals surface area contributed by atoms with Crippen molar-refractivity contribution in [3.8, 4) is 38.0 Å². The van der Waals surface area contributed by atoms with Crippen molar-refractivity contribution in [3.05, 3.63) is 127 Å². The number of thiophene rings is 1. The Balaban J connectivity index is 1.40. The second kappa shape index (κ2) is 9.02. The zero-order chi connectivity index (χ0) is 25.8. The Hall–Kier alpha value is -4.58. The number of rotatable bonds is 4. The second-order valence-electron chi connectivity index (χ2n) is 9.53. The molecule has 0 fully saturated rings. The van der Waals surface area contributed by atoms with Crippen molar-refractivity contribution in [2.45, 2.75) is 0 Å². The summed E-state index contributed by atoms with van der Waals surface area (Å²) in [5.41, 5.74) is 8.94. The summed E-state index contributed by atoms with van der Waals surface area (Å²) >= 11 is 3.51. The van der Waals surface area contributed by atoms with Crippen LogP contribution in [0.15, 0.2) is 127 Å². The number of nitrogens with zero attached hydrogens (tertiary/aromatic N) is 3. The first-order valence-electron chi connectivity index (χ1n) is 12.8. The summed E-state index contributed by atoms with van der Waals surface area (Å²) in [6.07, 6.45) is 1.85. The second-order valence-corrected chi connectivity index (χ2v) is 11.5. The monoisotopic (exact) mass is 535 g/mol. The zero-order valence-electron chi connectivity index (χ0n) is 20.8. The summed E-state index contributed by atoms with van der Waals surface area (Å²) in [6.45, 7) is 0. The number of hydrogen-bond donors (Lipinski definition) is 0. The van der Waals surface area contributed by atoms with E-state index >= 15 is 0 Å². The van der Waals surface area contributed by atoms with Crippen molar-refractivity contribution in [2.24, 2.45) is 0 Å². The molecule has 4 aromatic carbocycles. The number of hydrogen-bond acceptors (Lipinski definition) is 4. The fourth-order valence-corrected chi connectivity index (χ4v) is 7.05. The van der Waals surface area contributed by atoms with E-state index in [9.17, 15) is 0 Å². The van der Waals surface area contributed by atoms with E-state index in [1.54, 1.807) is 22.7 Å². The van der Waals surface area contributed by atoms with Crippen molar-refractivity contribution < 1.29 is 0 Å². The van der Waals surface area contributed by atoms with Gasteiger partial charge in [0, 0.05) is 38.7 Å². The molecule has 0 bridgehead atoms. The van der Waals surface area contributed by atoms with Gasteiger partial charge in [0.25, 0.3) is 0 Å². The normalized spacial score (nSPS) is 11.6. The van der Waals surface area contributed by atoms with Crippen molar-refractivity contribution in [3.63, 3.8) is 0 Å². The first-order valence-corrected chi connectivity index (χ1v) is 14.5. The van der Waals surface area contributed by atoms with E-state index < -0.39 is 0 Å². The molecule has 0 aliphatic carbocycles. The Kier molecular flexibility index (Phi) is 5.18. The average Bonchev–Trinajstić information content (AvgIpc) is 3.75. The third kappa shape index (κ3) is 3.78. The number of pyridine rings is 1. The molecule has 0 atom stereocenters. The largest absolute Gasteiger partial charge is 0.309 e. The van der Waals surface area contributed by atoms with Crippen LogP contribution in [0.3, 0.4) is 0 Å². The standard InChI is InChI=1S/C34H21N3S2/c1-2-11-33-29(10-1)36-34(39-33)24-14-16-27-26-15-13-23(32-12-6-18-38-32)20-30(26)37(31(27)21-24)25-8-5-7-22(19-25)28-9-3-4-17-35-28/h1-21H. The summed E-state index contributed by atoms with van der Waals surface area (Å²) in [5.74, 6) is 0. The first kappa shape index (κ1) is 22.4. The smallest absolute Gasteiger partial charge is 0.124 e. The molecule has 8 rings (SSSR count). The van der Waals surface area contributed by atoms with Crippen molar-refractivity contribution in [1.29, 1.82) is 0 Å². The fourth-order valence-electron chi connectivity index (χ4n) is 5.36. The van der Waals surface area contributed by atoms with Crippen LogP contribution in [0.25, 0.3) is 70.0 Å². The molecule has 0 saturated carbocycles. The molecule has 5 heteroatoms. The van der Waals surface area contributed by atoms with Gasteiger partial charge in [-0.2, -0.15) is 0 Å². The maximum atomic E-state index is 4.95. The van der Waals surface area contributed by atoms with Crippen LogP contribution < -0.4 is 0 Å². The van der Waals surface area contributed by atoms with Crippen LogP contribution in [-0.2, 0) is 0 Å². The molecule has 0 spiro atoms. The Morgan fingerprint density at radius 1 is 0.615 bits per heavy atom. The van der Waals surface area contributed by atoms with Gasteiger partial charge in [-0.3, -0.25) is 4.98 Å². The van der Waals surface area contributed by atoms with Crippen LogP contribution in [0.2, 0.25) is 0 Å². The number of fused-ring (bicyclic) bond motifs is 4. The lowest BCUT2D eigenvalue weighted by molar-refractivity contribution is 1.18. The third-order valence-corrected chi connectivity index (χ3v) is 9.18. The molecule has 0 amide bonds. The van der Waals surface area contributed by atoms with Crippen LogP contribution in [0.4, 0.5) is 0 Å². The van der Waals surface area contributed by atoms with Gasteiger partial charge in [0.1, 0.15) is 5.01 Å². The Morgan fingerprint density at radius 2 is 1.44 bits per heavy atom. The minimum absolute atomic E-state index is 0.967. The average molecular weight is 536 g/mol. The minimum atomic E-state index is 0.967. The van der Waals surface area contributed by atoms with E-state index in [4.69, 9.17) is 4.98 Å². The molecule has 3 nitrogen and oxygen atoms in total. The quantitative estimate of drug-likeness (QED) is 0.224. The lowest BCUT2D eigenvalue weighted by Gasteiger charge is -2.11.